The normalized spacial score (nSPS) is 29.2. The van der Waals surface area contributed by atoms with Crippen LogP contribution in [-0.4, -0.2) is 161 Å². The van der Waals surface area contributed by atoms with Crippen LogP contribution in [0, 0.1) is 36.5 Å². The number of esters is 1. The Kier molecular flexibility index (Phi) is 18.6. The van der Waals surface area contributed by atoms with Crippen LogP contribution in [0.25, 0.3) is 10.8 Å². The van der Waals surface area contributed by atoms with Crippen molar-refractivity contribution in [3.05, 3.63) is 101 Å². The number of likely N-dealkylation sites (tertiary alicyclic amines) is 1. The maximum atomic E-state index is 14.4. The molecule has 19 heteroatoms. The molecule has 2 saturated heterocycles. The Balaban J connectivity index is 0.000000329. The molecular weight excluding hydrogens is 1040 g/mol. The lowest BCUT2D eigenvalue weighted by molar-refractivity contribution is -0.160. The standard InChI is InChI=1S/C43H58N4O12.C18H20N2S/c1-21-12-11-13-22(2)42(55)45-33-28(20-44-47-17-15-46(9)16-18-47)37(52)30-31(38(33)53)36(51)26(6)40-32(30)41(54)43(8,59-40)57-19-14-29(56-10)23(3)39(58-27(7)48)25(5)35(50)24(4)34(21)49;1-19-11-10-14(12-19)13-20-15-6-2-4-8-17(15)21-18-9-5-3-7-16(18)20/h11-14,19-21,23-25,29,34-35,39,49-53H,15-18H2,1-10H3,(H,45,55);2-9,14H,10-13H2,1H3/b12-11+,19-14+,22-13-,44-20-;/t21-,23-,24-,25-,29+,34+,35+,39-,43+;/m1./s1. The Bertz CT molecular complexity index is 3040. The zero-order valence-electron chi connectivity index (χ0n) is 47.7. The Morgan fingerprint density at radius 3 is 2.11 bits per heavy atom. The van der Waals surface area contributed by atoms with Crippen LogP contribution in [0.3, 0.4) is 0 Å². The summed E-state index contributed by atoms with van der Waals surface area (Å²) in [5.74, 6) is -7.58. The fourth-order valence-corrected chi connectivity index (χ4v) is 12.4. The highest BCUT2D eigenvalue weighted by atomic mass is 32.2. The number of Topliss-reactive ketones (excluding diaryl/α,β-unsaturated/α-hetero) is 1. The highest BCUT2D eigenvalue weighted by Crippen LogP contribution is 2.55. The fraction of sp³-hybridized carbons (Fsp3) is 0.475. The highest BCUT2D eigenvalue weighted by molar-refractivity contribution is 7.99. The number of hydrazone groups is 1. The molecule has 18 nitrogen and oxygen atoms in total. The number of carbonyl (C=O) groups is 3. The van der Waals surface area contributed by atoms with Gasteiger partial charge in [0.25, 0.3) is 11.7 Å². The molecule has 6 aliphatic heterocycles. The summed E-state index contributed by atoms with van der Waals surface area (Å²) in [6.45, 7) is 18.7. The third kappa shape index (κ3) is 12.3. The van der Waals surface area contributed by atoms with Crippen LogP contribution in [0.15, 0.2) is 99.6 Å². The molecule has 430 valence electrons. The minimum Gasteiger partial charge on any atom is -0.507 e. The Morgan fingerprint density at radius 2 is 1.50 bits per heavy atom. The number of nitrogens with zero attached hydrogens (tertiary/aromatic N) is 5. The van der Waals surface area contributed by atoms with E-state index in [2.05, 4.69) is 80.7 Å². The number of aliphatic hydroxyl groups excluding tert-OH is 2. The second-order valence-corrected chi connectivity index (χ2v) is 23.3. The number of aromatic hydroxyl groups is 3. The average molecular weight is 1120 g/mol. The number of benzene rings is 4. The van der Waals surface area contributed by atoms with Crippen molar-refractivity contribution in [1.29, 1.82) is 0 Å². The number of likely N-dealkylation sites (N-methyl/N-ethyl adjacent to an activating group) is 1. The molecule has 0 aliphatic carbocycles. The molecule has 80 heavy (non-hydrogen) atoms. The van der Waals surface area contributed by atoms with Gasteiger partial charge < -0.3 is 64.5 Å². The lowest BCUT2D eigenvalue weighted by Gasteiger charge is -2.38. The second-order valence-electron chi connectivity index (χ2n) is 22.2. The van der Waals surface area contributed by atoms with Crippen LogP contribution in [-0.2, 0) is 23.8 Å². The lowest BCUT2D eigenvalue weighted by Crippen LogP contribution is -2.46. The first kappa shape index (κ1) is 59.5. The van der Waals surface area contributed by atoms with Gasteiger partial charge in [-0.05, 0) is 77.2 Å². The first-order valence-electron chi connectivity index (χ1n) is 27.4. The summed E-state index contributed by atoms with van der Waals surface area (Å²) >= 11 is 1.89. The summed E-state index contributed by atoms with van der Waals surface area (Å²) in [5.41, 5.74) is 2.39. The number of anilines is 3. The van der Waals surface area contributed by atoms with Gasteiger partial charge in [-0.1, -0.05) is 82.0 Å². The van der Waals surface area contributed by atoms with Crippen molar-refractivity contribution < 1.29 is 58.9 Å². The number of nitrogens with one attached hydrogen (secondary N) is 1. The number of phenols is 3. The zero-order valence-corrected chi connectivity index (χ0v) is 48.5. The fourth-order valence-electron chi connectivity index (χ4n) is 11.3. The van der Waals surface area contributed by atoms with Crippen LogP contribution < -0.4 is 15.0 Å². The van der Waals surface area contributed by atoms with E-state index in [4.69, 9.17) is 18.9 Å². The molecule has 5 bridgehead atoms. The number of allylic oxidation sites excluding steroid dienone is 2. The summed E-state index contributed by atoms with van der Waals surface area (Å²) in [5, 5.41) is 66.8. The second kappa shape index (κ2) is 25.0. The number of carbonyl (C=O) groups excluding carboxylic acids is 3. The smallest absolute Gasteiger partial charge is 0.312 e. The van der Waals surface area contributed by atoms with Crippen LogP contribution in [0.2, 0.25) is 0 Å². The van der Waals surface area contributed by atoms with E-state index in [0.29, 0.717) is 13.1 Å². The number of rotatable bonds is 6. The number of hydrogen-bond acceptors (Lipinski definition) is 18. The Labute approximate surface area is 473 Å². The number of methoxy groups -OCH3 is 1. The summed E-state index contributed by atoms with van der Waals surface area (Å²) in [4.78, 5) is 50.4. The molecule has 1 unspecified atom stereocenters. The third-order valence-corrected chi connectivity index (χ3v) is 17.5. The molecular formula is C61H78N6O12S. The van der Waals surface area contributed by atoms with Crippen molar-refractivity contribution >= 4 is 63.5 Å². The van der Waals surface area contributed by atoms with Crippen molar-refractivity contribution in [2.75, 3.05) is 77.2 Å². The summed E-state index contributed by atoms with van der Waals surface area (Å²) in [7, 11) is 5.65. The maximum absolute atomic E-state index is 14.4. The Morgan fingerprint density at radius 1 is 0.850 bits per heavy atom. The van der Waals surface area contributed by atoms with Crippen LogP contribution in [0.1, 0.15) is 76.4 Å². The van der Waals surface area contributed by atoms with Gasteiger partial charge in [-0.25, -0.2) is 0 Å². The molecule has 10 atom stereocenters. The highest BCUT2D eigenvalue weighted by Gasteiger charge is 2.50. The zero-order chi connectivity index (χ0) is 57.9. The minimum absolute atomic E-state index is 0.0559. The molecule has 10 rings (SSSR count). The van der Waals surface area contributed by atoms with E-state index in [1.54, 1.807) is 44.9 Å². The number of ketones is 1. The molecule has 6 N–H and O–H groups in total. The monoisotopic (exact) mass is 1120 g/mol. The molecule has 0 aromatic heterocycles. The van der Waals surface area contributed by atoms with Crippen LogP contribution >= 0.6 is 11.8 Å². The van der Waals surface area contributed by atoms with Crippen LogP contribution in [0.5, 0.6) is 23.0 Å². The quantitative estimate of drug-likeness (QED) is 0.0460. The number of amides is 1. The number of aliphatic hydroxyl groups is 2. The predicted octanol–water partition coefficient (Wildman–Crippen LogP) is 8.58. The molecule has 6 aliphatic rings. The largest absolute Gasteiger partial charge is 0.507 e. The van der Waals surface area contributed by atoms with Gasteiger partial charge in [-0.2, -0.15) is 5.10 Å². The van der Waals surface area contributed by atoms with Crippen LogP contribution in [0.4, 0.5) is 17.1 Å². The van der Waals surface area contributed by atoms with Crippen molar-refractivity contribution in [1.82, 2.24) is 14.8 Å². The molecule has 0 radical (unpaired) electrons. The van der Waals surface area contributed by atoms with Gasteiger partial charge in [0.05, 0.1) is 64.4 Å². The molecule has 1 amide bonds. The predicted molar refractivity (Wildman–Crippen MR) is 310 cm³/mol. The maximum Gasteiger partial charge on any atom is 0.312 e. The average Bonchev–Trinajstić information content (AvgIpc) is 4.10. The van der Waals surface area contributed by atoms with E-state index in [9.17, 15) is 39.9 Å². The van der Waals surface area contributed by atoms with Gasteiger partial charge in [-0.15, -0.1) is 0 Å². The first-order valence-corrected chi connectivity index (χ1v) is 28.2. The summed E-state index contributed by atoms with van der Waals surface area (Å²) < 4.78 is 23.6. The van der Waals surface area contributed by atoms with E-state index in [-0.39, 0.29) is 44.5 Å². The molecule has 4 aromatic carbocycles. The van der Waals surface area contributed by atoms with Crippen molar-refractivity contribution in [3.63, 3.8) is 0 Å². The van der Waals surface area contributed by atoms with Crippen molar-refractivity contribution in [2.45, 2.75) is 102 Å². The Hall–Kier alpha value is -6.61. The summed E-state index contributed by atoms with van der Waals surface area (Å²) in [6.07, 6.45) is 6.17. The number of para-hydroxylation sites is 2. The molecule has 2 fully saturated rings. The number of hydrogen-bond donors (Lipinski definition) is 6. The van der Waals surface area contributed by atoms with E-state index in [1.807, 2.05) is 18.8 Å². The van der Waals surface area contributed by atoms with Gasteiger partial charge in [0, 0.05) is 110 Å². The SMILES string of the molecule is CN1CCC(CN2c3ccccc3Sc3ccccc32)C1.CO[C@H]1/C=C/O[C@@]2(C)Oc3c(C)c(O)c4c(O)c(c(/C=N\N5CCN(C)CC5)c(O)c4c3C2=O)NC(=O)/C(C)=C\C=C\[C@@H](C)[C@H](O)[C@@H](C)[C@H](O)[C@@H](C)[C@H](OC(C)=O)[C@@H]1C. The van der Waals surface area contributed by atoms with Gasteiger partial charge in [0.1, 0.15) is 23.4 Å². The minimum atomic E-state index is -2.04. The van der Waals surface area contributed by atoms with Crippen molar-refractivity contribution in [3.8, 4) is 23.0 Å². The van der Waals surface area contributed by atoms with E-state index >= 15 is 0 Å². The van der Waals surface area contributed by atoms with Gasteiger partial charge in [0.2, 0.25) is 0 Å². The molecule has 0 saturated carbocycles. The third-order valence-electron chi connectivity index (χ3n) is 16.3. The summed E-state index contributed by atoms with van der Waals surface area (Å²) in [6, 6.07) is 17.6. The first-order chi connectivity index (χ1) is 38.0. The number of phenolic OH excluding ortho intramolecular Hbond substituents is 3. The number of piperazine rings is 1. The lowest BCUT2D eigenvalue weighted by atomic mass is 9.78. The van der Waals surface area contributed by atoms with Crippen molar-refractivity contribution in [2.24, 2.45) is 34.7 Å². The molecule has 0 spiro atoms. The van der Waals surface area contributed by atoms with Gasteiger partial charge in [0.15, 0.2) is 5.75 Å². The van der Waals surface area contributed by atoms with E-state index in [0.717, 1.165) is 25.6 Å². The van der Waals surface area contributed by atoms with Gasteiger partial charge >= 0.3 is 11.8 Å². The molecule has 6 heterocycles. The number of fused-ring (bicyclic) bond motifs is 16. The van der Waals surface area contributed by atoms with Gasteiger partial charge in [-0.3, -0.25) is 19.4 Å². The van der Waals surface area contributed by atoms with E-state index in [1.165, 1.54) is 100 Å². The topological polar surface area (TPSA) is 227 Å². The number of ether oxygens (including phenoxy) is 4. The molecule has 4 aromatic rings. The van der Waals surface area contributed by atoms with E-state index < -0.39 is 88.8 Å².